The minimum absolute atomic E-state index is 0.183. The van der Waals surface area contributed by atoms with Gasteiger partial charge in [-0.15, -0.1) is 0 Å². The molecule has 0 saturated carbocycles. The molecule has 0 bridgehead atoms. The Morgan fingerprint density at radius 1 is 1.62 bits per heavy atom. The molecule has 0 spiro atoms. The second kappa shape index (κ2) is 7.61. The fraction of sp³-hybridized carbons (Fsp3) is 0.778. The van der Waals surface area contributed by atoms with Crippen molar-refractivity contribution in [1.29, 1.82) is 0 Å². The first-order chi connectivity index (χ1) is 7.77. The van der Waals surface area contributed by atoms with Gasteiger partial charge in [-0.25, -0.2) is 0 Å². The molecule has 16 heavy (non-hydrogen) atoms. The van der Waals surface area contributed by atoms with Crippen LogP contribution in [0.2, 0.25) is 0 Å². The number of aliphatic hydroxyl groups excluding tert-OH is 1. The van der Waals surface area contributed by atoms with Crippen LogP contribution in [-0.4, -0.2) is 27.6 Å². The van der Waals surface area contributed by atoms with Crippen LogP contribution in [0.25, 0.3) is 0 Å². The summed E-state index contributed by atoms with van der Waals surface area (Å²) in [6.07, 6.45) is 2.37. The lowest BCUT2D eigenvalue weighted by molar-refractivity contribution is 0.259. The number of nitrogens with one attached hydrogen (secondary N) is 1. The van der Waals surface area contributed by atoms with Crippen molar-refractivity contribution in [3.05, 3.63) is 11.7 Å². The number of aliphatic hydroxyl groups is 1. The zero-order valence-corrected chi connectivity index (χ0v) is 10.2. The average Bonchev–Trinajstić information content (AvgIpc) is 2.76. The summed E-state index contributed by atoms with van der Waals surface area (Å²) in [6.45, 7) is 2.48. The Morgan fingerprint density at radius 3 is 3.12 bits per heavy atom. The van der Waals surface area contributed by atoms with Crippen LogP contribution < -0.4 is 10.5 Å². The second-order valence-corrected chi connectivity index (χ2v) is 4.34. The molecule has 1 aromatic rings. The second-order valence-electron chi connectivity index (χ2n) is 3.36. The zero-order chi connectivity index (χ0) is 11.8. The highest BCUT2D eigenvalue weighted by molar-refractivity contribution is 7.97. The Kier molecular flexibility index (Phi) is 6.39. The van der Waals surface area contributed by atoms with E-state index in [1.54, 1.807) is 11.9 Å². The van der Waals surface area contributed by atoms with Crippen molar-refractivity contribution in [2.24, 2.45) is 5.73 Å². The Hall–Kier alpha value is -0.630. The van der Waals surface area contributed by atoms with E-state index < -0.39 is 6.04 Å². The van der Waals surface area contributed by atoms with Crippen molar-refractivity contribution < 1.29 is 9.63 Å². The molecule has 1 unspecified atom stereocenters. The van der Waals surface area contributed by atoms with Crippen LogP contribution in [0.3, 0.4) is 0 Å². The van der Waals surface area contributed by atoms with E-state index in [0.29, 0.717) is 18.3 Å². The van der Waals surface area contributed by atoms with Gasteiger partial charge < -0.3 is 15.4 Å². The molecule has 1 atom stereocenters. The maximum absolute atomic E-state index is 8.80. The van der Waals surface area contributed by atoms with Crippen LogP contribution in [0.1, 0.15) is 37.5 Å². The standard InChI is InChI=1S/C9H18N4O2S/c1-2-3-4-16-11-5-8-12-9(13-15-8)7(10)6-14/h7,11,14H,2-6,10H2,1H3. The first kappa shape index (κ1) is 13.4. The van der Waals surface area contributed by atoms with Crippen LogP contribution >= 0.6 is 11.9 Å². The van der Waals surface area contributed by atoms with E-state index in [4.69, 9.17) is 15.4 Å². The van der Waals surface area contributed by atoms with Crippen LogP contribution in [-0.2, 0) is 6.54 Å². The maximum atomic E-state index is 8.80. The van der Waals surface area contributed by atoms with Crippen molar-refractivity contribution in [1.82, 2.24) is 14.9 Å². The number of nitrogens with two attached hydrogens (primary N) is 1. The highest BCUT2D eigenvalue weighted by Gasteiger charge is 2.12. The Bertz CT molecular complexity index is 295. The number of rotatable bonds is 8. The van der Waals surface area contributed by atoms with Gasteiger partial charge in [0.1, 0.15) is 0 Å². The molecule has 92 valence electrons. The van der Waals surface area contributed by atoms with Crippen molar-refractivity contribution >= 4 is 11.9 Å². The molecule has 0 aliphatic rings. The number of unbranched alkanes of at least 4 members (excludes halogenated alkanes) is 1. The van der Waals surface area contributed by atoms with Gasteiger partial charge in [0.25, 0.3) is 0 Å². The molecule has 1 heterocycles. The van der Waals surface area contributed by atoms with E-state index in [1.165, 1.54) is 12.8 Å². The summed E-state index contributed by atoms with van der Waals surface area (Å²) in [5, 5.41) is 12.5. The molecule has 0 aromatic carbocycles. The van der Waals surface area contributed by atoms with Crippen molar-refractivity contribution in [3.8, 4) is 0 Å². The van der Waals surface area contributed by atoms with Gasteiger partial charge in [0.2, 0.25) is 5.89 Å². The van der Waals surface area contributed by atoms with Gasteiger partial charge in [-0.1, -0.05) is 30.4 Å². The number of hydrogen-bond donors (Lipinski definition) is 3. The number of nitrogens with zero attached hydrogens (tertiary/aromatic N) is 2. The third kappa shape index (κ3) is 4.48. The van der Waals surface area contributed by atoms with Gasteiger partial charge in [0.05, 0.1) is 19.2 Å². The summed E-state index contributed by atoms with van der Waals surface area (Å²) in [7, 11) is 0. The summed E-state index contributed by atoms with van der Waals surface area (Å²) < 4.78 is 8.09. The van der Waals surface area contributed by atoms with Crippen molar-refractivity contribution in [3.63, 3.8) is 0 Å². The molecule has 1 rings (SSSR count). The minimum Gasteiger partial charge on any atom is -0.394 e. The van der Waals surface area contributed by atoms with E-state index in [1.807, 2.05) is 0 Å². The van der Waals surface area contributed by atoms with E-state index in [2.05, 4.69) is 21.8 Å². The lowest BCUT2D eigenvalue weighted by Gasteiger charge is -1.99. The highest BCUT2D eigenvalue weighted by atomic mass is 32.2. The minimum atomic E-state index is -0.565. The van der Waals surface area contributed by atoms with Crippen LogP contribution in [0.5, 0.6) is 0 Å². The third-order valence-corrected chi connectivity index (χ3v) is 2.78. The summed E-state index contributed by atoms with van der Waals surface area (Å²) in [6, 6.07) is -0.565. The first-order valence-corrected chi connectivity index (χ1v) is 6.30. The Morgan fingerprint density at radius 2 is 2.44 bits per heavy atom. The van der Waals surface area contributed by atoms with Gasteiger partial charge in [0.15, 0.2) is 5.82 Å². The highest BCUT2D eigenvalue weighted by Crippen LogP contribution is 2.06. The van der Waals surface area contributed by atoms with E-state index in [9.17, 15) is 0 Å². The smallest absolute Gasteiger partial charge is 0.241 e. The molecule has 0 saturated heterocycles. The first-order valence-electron chi connectivity index (χ1n) is 5.31. The van der Waals surface area contributed by atoms with Gasteiger partial charge >= 0.3 is 0 Å². The molecule has 0 aliphatic carbocycles. The average molecular weight is 246 g/mol. The van der Waals surface area contributed by atoms with E-state index in [-0.39, 0.29) is 6.61 Å². The van der Waals surface area contributed by atoms with Crippen LogP contribution in [0, 0.1) is 0 Å². The monoisotopic (exact) mass is 246 g/mol. The van der Waals surface area contributed by atoms with Gasteiger partial charge in [-0.2, -0.15) is 4.98 Å². The van der Waals surface area contributed by atoms with Crippen LogP contribution in [0.15, 0.2) is 4.52 Å². The zero-order valence-electron chi connectivity index (χ0n) is 9.35. The topological polar surface area (TPSA) is 97.2 Å². The van der Waals surface area contributed by atoms with Gasteiger partial charge in [-0.3, -0.25) is 4.72 Å². The molecule has 0 radical (unpaired) electrons. The summed E-state index contributed by atoms with van der Waals surface area (Å²) in [4.78, 5) is 4.06. The maximum Gasteiger partial charge on any atom is 0.241 e. The lowest BCUT2D eigenvalue weighted by atomic mass is 10.3. The third-order valence-electron chi connectivity index (χ3n) is 1.94. The predicted octanol–water partition coefficient (Wildman–Crippen LogP) is 0.600. The molecule has 0 fully saturated rings. The predicted molar refractivity (Wildman–Crippen MR) is 62.5 cm³/mol. The SMILES string of the molecule is CCCCSNCc1nc(C(N)CO)no1. The molecular weight excluding hydrogens is 228 g/mol. The molecule has 0 aliphatic heterocycles. The Balaban J connectivity index is 2.24. The molecule has 1 aromatic heterocycles. The largest absolute Gasteiger partial charge is 0.394 e. The van der Waals surface area contributed by atoms with Crippen molar-refractivity contribution in [2.75, 3.05) is 12.4 Å². The molecule has 6 nitrogen and oxygen atoms in total. The number of aromatic nitrogens is 2. The van der Waals surface area contributed by atoms with Crippen molar-refractivity contribution in [2.45, 2.75) is 32.4 Å². The normalized spacial score (nSPS) is 12.9. The summed E-state index contributed by atoms with van der Waals surface area (Å²) >= 11 is 1.64. The fourth-order valence-electron chi connectivity index (χ4n) is 0.974. The molecule has 7 heteroatoms. The fourth-order valence-corrected chi connectivity index (χ4v) is 1.78. The van der Waals surface area contributed by atoms with E-state index in [0.717, 1.165) is 5.75 Å². The molecule has 4 N–H and O–H groups in total. The molecule has 0 amide bonds. The summed E-state index contributed by atoms with van der Waals surface area (Å²) in [5.74, 6) is 1.90. The van der Waals surface area contributed by atoms with Gasteiger partial charge in [0, 0.05) is 5.75 Å². The van der Waals surface area contributed by atoms with E-state index >= 15 is 0 Å². The molecular formula is C9H18N4O2S. The quantitative estimate of drug-likeness (QED) is 0.456. The summed E-state index contributed by atoms with van der Waals surface area (Å²) in [5.41, 5.74) is 5.54. The van der Waals surface area contributed by atoms with Gasteiger partial charge in [-0.05, 0) is 6.42 Å². The lowest BCUT2D eigenvalue weighted by Crippen LogP contribution is -2.16. The van der Waals surface area contributed by atoms with Crippen LogP contribution in [0.4, 0.5) is 0 Å². The number of hydrogen-bond acceptors (Lipinski definition) is 7. The Labute approximate surface area is 99.1 Å².